The highest BCUT2D eigenvalue weighted by Gasteiger charge is 2.25. The highest BCUT2D eigenvalue weighted by atomic mass is 32.2. The van der Waals surface area contributed by atoms with Crippen LogP contribution in [-0.2, 0) is 0 Å². The van der Waals surface area contributed by atoms with Crippen LogP contribution in [0.3, 0.4) is 0 Å². The van der Waals surface area contributed by atoms with Crippen molar-refractivity contribution in [3.8, 4) is 4.90 Å². The number of Topliss-reactive ketones (excluding diaryl/α,β-unsaturated/α-hetero) is 1. The van der Waals surface area contributed by atoms with Crippen molar-refractivity contribution in [2.24, 2.45) is 0 Å². The van der Waals surface area contributed by atoms with E-state index in [0.29, 0.717) is 0 Å². The summed E-state index contributed by atoms with van der Waals surface area (Å²) >= 11 is 0. The maximum absolute atomic E-state index is 13.3. The van der Waals surface area contributed by atoms with E-state index in [1.165, 1.54) is 16.8 Å². The van der Waals surface area contributed by atoms with E-state index in [2.05, 4.69) is 18.2 Å². The summed E-state index contributed by atoms with van der Waals surface area (Å²) in [6.07, 6.45) is 0. The van der Waals surface area contributed by atoms with E-state index < -0.39 is 0 Å². The van der Waals surface area contributed by atoms with Gasteiger partial charge in [-0.3, -0.25) is 4.79 Å². The molecule has 0 saturated heterocycles. The van der Waals surface area contributed by atoms with Gasteiger partial charge in [0.1, 0.15) is 5.82 Å². The lowest BCUT2D eigenvalue weighted by molar-refractivity contribution is 0.101. The molecule has 112 valence electrons. The molecule has 0 aliphatic heterocycles. The number of fused-ring (bicyclic) bond motifs is 3. The predicted molar refractivity (Wildman–Crippen MR) is 95.2 cm³/mol. The van der Waals surface area contributed by atoms with E-state index in [0.717, 1.165) is 25.9 Å². The molecule has 0 spiro atoms. The van der Waals surface area contributed by atoms with Gasteiger partial charge in [-0.15, -0.1) is 0 Å². The van der Waals surface area contributed by atoms with Crippen molar-refractivity contribution in [2.75, 3.05) is 0 Å². The molecule has 0 fully saturated rings. The summed E-state index contributed by atoms with van der Waals surface area (Å²) in [6, 6.07) is 20.8. The van der Waals surface area contributed by atoms with Gasteiger partial charge in [-0.05, 0) is 37.3 Å². The number of hydrogen-bond donors (Lipinski definition) is 0. The van der Waals surface area contributed by atoms with Crippen LogP contribution in [0.5, 0.6) is 0 Å². The predicted octanol–water partition coefficient (Wildman–Crippen LogP) is 6.07. The number of thiophene rings is 1. The van der Waals surface area contributed by atoms with Gasteiger partial charge in [0.05, 0.1) is 5.39 Å². The number of carbonyl (C=O) groups is 1. The average molecular weight is 321 g/mol. The summed E-state index contributed by atoms with van der Waals surface area (Å²) in [6.45, 7) is 1.60. The minimum absolute atomic E-state index is 0.0706. The van der Waals surface area contributed by atoms with Crippen LogP contribution in [0.15, 0.2) is 66.7 Å². The minimum atomic E-state index is -0.295. The summed E-state index contributed by atoms with van der Waals surface area (Å²) in [5.74, 6) is -0.163. The fraction of sp³-hybridized carbons (Fsp3) is 0.0500. The lowest BCUT2D eigenvalue weighted by atomic mass is 10.0. The average Bonchev–Trinajstić information content (AvgIpc) is 2.90. The van der Waals surface area contributed by atoms with Gasteiger partial charge in [0.2, 0.25) is 0 Å². The third kappa shape index (κ3) is 2.16. The Morgan fingerprint density at radius 2 is 1.57 bits per heavy atom. The van der Waals surface area contributed by atoms with Gasteiger partial charge in [0.25, 0.3) is 0 Å². The number of halogens is 1. The van der Waals surface area contributed by atoms with Crippen molar-refractivity contribution >= 4 is 36.4 Å². The maximum atomic E-state index is 13.3. The molecule has 3 aromatic carbocycles. The number of ketones is 1. The molecule has 0 aliphatic rings. The first-order valence-corrected chi connectivity index (χ1v) is 8.62. The van der Waals surface area contributed by atoms with E-state index in [1.807, 2.05) is 36.4 Å². The molecule has 1 nitrogen and oxygen atoms in total. The van der Waals surface area contributed by atoms with Crippen LogP contribution in [0.25, 0.3) is 25.1 Å². The Kier molecular flexibility index (Phi) is 3.24. The van der Waals surface area contributed by atoms with Crippen LogP contribution in [0.1, 0.15) is 17.3 Å². The zero-order valence-electron chi connectivity index (χ0n) is 12.5. The summed E-state index contributed by atoms with van der Waals surface area (Å²) in [7, 11) is -0.295. The van der Waals surface area contributed by atoms with Crippen molar-refractivity contribution in [2.45, 2.75) is 6.92 Å². The molecule has 0 N–H and O–H groups in total. The van der Waals surface area contributed by atoms with E-state index in [4.69, 9.17) is 0 Å². The van der Waals surface area contributed by atoms with Crippen LogP contribution in [0.4, 0.5) is 4.39 Å². The first-order chi connectivity index (χ1) is 11.2. The molecule has 3 heteroatoms. The van der Waals surface area contributed by atoms with E-state index >= 15 is 0 Å². The zero-order chi connectivity index (χ0) is 16.0. The lowest BCUT2D eigenvalue weighted by Gasteiger charge is -1.96. The molecule has 0 saturated carbocycles. The lowest BCUT2D eigenvalue weighted by Crippen LogP contribution is -1.91. The van der Waals surface area contributed by atoms with Gasteiger partial charge in [-0.25, -0.2) is 4.39 Å². The molecule has 1 heterocycles. The zero-order valence-corrected chi connectivity index (χ0v) is 13.4. The van der Waals surface area contributed by atoms with Gasteiger partial charge in [-0.2, -0.15) is 0 Å². The Balaban J connectivity index is 2.20. The van der Waals surface area contributed by atoms with Gasteiger partial charge in [0.15, 0.2) is 20.1 Å². The number of hydrogen-bond acceptors (Lipinski definition) is 1. The molecule has 23 heavy (non-hydrogen) atoms. The van der Waals surface area contributed by atoms with Crippen LogP contribution >= 0.6 is 10.5 Å². The highest BCUT2D eigenvalue weighted by Crippen LogP contribution is 2.49. The smallest absolute Gasteiger partial charge is 0.188 e. The van der Waals surface area contributed by atoms with Crippen LogP contribution in [-0.4, -0.2) is 5.78 Å². The SMILES string of the molecule is CC(=O)c1cccc2c1c1ccccc1[s+]2-c1ccc(F)cc1. The molecular weight excluding hydrogens is 307 g/mol. The van der Waals surface area contributed by atoms with Crippen LogP contribution < -0.4 is 0 Å². The van der Waals surface area contributed by atoms with Gasteiger partial charge >= 0.3 is 0 Å². The Bertz CT molecular complexity index is 1040. The van der Waals surface area contributed by atoms with Crippen LogP contribution in [0.2, 0.25) is 0 Å². The maximum Gasteiger partial charge on any atom is 0.188 e. The molecule has 0 aliphatic carbocycles. The second-order valence-corrected chi connectivity index (χ2v) is 7.45. The number of rotatable bonds is 2. The molecular formula is C20H14FOS+. The largest absolute Gasteiger partial charge is 0.294 e. The van der Waals surface area contributed by atoms with Gasteiger partial charge < -0.3 is 0 Å². The normalized spacial score (nSPS) is 12.0. The van der Waals surface area contributed by atoms with Gasteiger partial charge in [0, 0.05) is 33.6 Å². The summed E-state index contributed by atoms with van der Waals surface area (Å²) in [4.78, 5) is 13.1. The minimum Gasteiger partial charge on any atom is -0.294 e. The molecule has 4 rings (SSSR count). The second kappa shape index (κ2) is 5.28. The monoisotopic (exact) mass is 321 g/mol. The fourth-order valence-corrected chi connectivity index (χ4v) is 5.46. The summed E-state index contributed by atoms with van der Waals surface area (Å²) in [5, 5.41) is 2.14. The molecule has 0 radical (unpaired) electrons. The molecule has 1 aromatic heterocycles. The van der Waals surface area contributed by atoms with Crippen molar-refractivity contribution in [1.82, 2.24) is 0 Å². The standard InChI is InChI=1S/C20H14FOS/c1-13(22)16-6-4-8-19-20(16)17-5-2-3-7-18(17)23(19)15-11-9-14(21)10-12-15/h2-12H,1H3/q+1. The number of carbonyl (C=O) groups excluding carboxylic acids is 1. The topological polar surface area (TPSA) is 17.1 Å². The van der Waals surface area contributed by atoms with Crippen molar-refractivity contribution in [3.05, 3.63) is 78.1 Å². The van der Waals surface area contributed by atoms with Crippen molar-refractivity contribution in [3.63, 3.8) is 0 Å². The fourth-order valence-electron chi connectivity index (χ4n) is 3.07. The Morgan fingerprint density at radius 3 is 2.30 bits per heavy atom. The van der Waals surface area contributed by atoms with E-state index in [9.17, 15) is 9.18 Å². The Hall–Kier alpha value is -2.52. The quantitative estimate of drug-likeness (QED) is 0.323. The number of benzene rings is 3. The Morgan fingerprint density at radius 1 is 0.870 bits per heavy atom. The van der Waals surface area contributed by atoms with Gasteiger partial charge in [-0.1, -0.05) is 24.3 Å². The van der Waals surface area contributed by atoms with E-state index in [-0.39, 0.29) is 22.1 Å². The molecule has 1 atom stereocenters. The Labute approximate surface area is 136 Å². The third-order valence-electron chi connectivity index (χ3n) is 4.05. The van der Waals surface area contributed by atoms with Crippen molar-refractivity contribution in [1.29, 1.82) is 0 Å². The second-order valence-electron chi connectivity index (χ2n) is 5.49. The molecule has 0 amide bonds. The van der Waals surface area contributed by atoms with Crippen LogP contribution in [0, 0.1) is 5.82 Å². The summed E-state index contributed by atoms with van der Waals surface area (Å²) in [5.41, 5.74) is 0.757. The third-order valence-corrected chi connectivity index (χ3v) is 6.37. The first kappa shape index (κ1) is 14.1. The molecule has 0 bridgehead atoms. The highest BCUT2D eigenvalue weighted by molar-refractivity contribution is 7.50. The van der Waals surface area contributed by atoms with E-state index in [1.54, 1.807) is 6.92 Å². The molecule has 1 unspecified atom stereocenters. The summed E-state index contributed by atoms with van der Waals surface area (Å²) < 4.78 is 15.6. The van der Waals surface area contributed by atoms with Crippen molar-refractivity contribution < 1.29 is 9.18 Å². The molecule has 4 aromatic rings. The first-order valence-electron chi connectivity index (χ1n) is 7.40.